The molecule has 0 radical (unpaired) electrons. The summed E-state index contributed by atoms with van der Waals surface area (Å²) in [5, 5.41) is 2.74. The highest BCUT2D eigenvalue weighted by molar-refractivity contribution is 6.03. The van der Waals surface area contributed by atoms with Crippen molar-refractivity contribution in [2.75, 3.05) is 50.7 Å². The number of aromatic nitrogens is 5. The van der Waals surface area contributed by atoms with Crippen LogP contribution in [0.5, 0.6) is 5.88 Å². The van der Waals surface area contributed by atoms with Crippen molar-refractivity contribution in [1.82, 2.24) is 24.9 Å². The monoisotopic (exact) mass is 711 g/mol. The van der Waals surface area contributed by atoms with E-state index >= 15 is 0 Å². The van der Waals surface area contributed by atoms with Crippen molar-refractivity contribution >= 4 is 34.7 Å². The minimum atomic E-state index is -4.70. The van der Waals surface area contributed by atoms with Crippen LogP contribution in [0, 0.1) is 5.41 Å². The van der Waals surface area contributed by atoms with E-state index in [0.717, 1.165) is 43.7 Å². The van der Waals surface area contributed by atoms with E-state index in [4.69, 9.17) is 14.2 Å². The Balaban J connectivity index is 1.46. The van der Waals surface area contributed by atoms with Crippen LogP contribution in [0.15, 0.2) is 36.7 Å². The number of methoxy groups -OCH3 is 1. The van der Waals surface area contributed by atoms with E-state index in [1.165, 1.54) is 6.20 Å². The van der Waals surface area contributed by atoms with Crippen molar-refractivity contribution in [2.24, 2.45) is 5.41 Å². The fraction of sp³-hybridized carbons (Fsp3) is 0.500. The first-order valence-corrected chi connectivity index (χ1v) is 17.2. The van der Waals surface area contributed by atoms with Crippen LogP contribution in [0.25, 0.3) is 22.4 Å². The summed E-state index contributed by atoms with van der Waals surface area (Å²) in [7, 11) is 3.61. The number of ether oxygens (including phenoxy) is 3. The molecule has 4 heterocycles. The third kappa shape index (κ3) is 9.31. The molecule has 4 aromatic heterocycles. The number of aromatic amines is 1. The Hall–Kier alpha value is -4.79. The first kappa shape index (κ1) is 37.5. The molecule has 0 spiro atoms. The van der Waals surface area contributed by atoms with E-state index in [2.05, 4.69) is 30.2 Å². The average Bonchev–Trinajstić information content (AvgIpc) is 3.50. The largest absolute Gasteiger partial charge is 0.478 e. The normalized spacial score (nSPS) is 14.3. The number of hydrogen-bond acceptors (Lipinski definition) is 10. The van der Waals surface area contributed by atoms with Crippen molar-refractivity contribution in [2.45, 2.75) is 71.4 Å². The standard InChI is InChI=1S/C36H44F3N7O5/c1-5-50-29(47)12-10-11-23-13-14-26(40-19-23)32(48)45-34-43-30-28(46(3)21-35(22-49-4)15-8-7-9-16-35)18-27(42-31(30)44-34)24-17-25(36(37,38)39)33(41-20-24)51-6-2/h13-14,17-20H,5-12,15-16,21-22H2,1-4H3,(H2,42,43,44,45,48). The van der Waals surface area contributed by atoms with Crippen molar-refractivity contribution in [3.63, 3.8) is 0 Å². The molecule has 0 bridgehead atoms. The van der Waals surface area contributed by atoms with Gasteiger partial charge in [0.1, 0.15) is 16.8 Å². The second kappa shape index (κ2) is 16.5. The lowest BCUT2D eigenvalue weighted by Crippen LogP contribution is -2.40. The Kier molecular flexibility index (Phi) is 12.1. The van der Waals surface area contributed by atoms with Crippen molar-refractivity contribution in [1.29, 1.82) is 0 Å². The van der Waals surface area contributed by atoms with Gasteiger partial charge in [0.25, 0.3) is 5.91 Å². The van der Waals surface area contributed by atoms with E-state index in [-0.39, 0.29) is 46.5 Å². The molecule has 0 aromatic carbocycles. The van der Waals surface area contributed by atoms with E-state index in [0.29, 0.717) is 50.2 Å². The summed E-state index contributed by atoms with van der Waals surface area (Å²) in [6.07, 6.45) is 4.93. The molecule has 1 saturated carbocycles. The van der Waals surface area contributed by atoms with Gasteiger partial charge in [-0.2, -0.15) is 18.2 Å². The molecule has 274 valence electrons. The molecular formula is C36H44F3N7O5. The number of halogens is 3. The van der Waals surface area contributed by atoms with Gasteiger partial charge < -0.3 is 24.1 Å². The lowest BCUT2D eigenvalue weighted by Gasteiger charge is -2.40. The molecule has 1 amide bonds. The highest BCUT2D eigenvalue weighted by Gasteiger charge is 2.37. The summed E-state index contributed by atoms with van der Waals surface area (Å²) in [6, 6.07) is 6.04. The molecule has 0 atom stereocenters. The zero-order chi connectivity index (χ0) is 36.6. The third-order valence-corrected chi connectivity index (χ3v) is 8.96. The van der Waals surface area contributed by atoms with Gasteiger partial charge in [0.2, 0.25) is 11.8 Å². The maximum absolute atomic E-state index is 14.1. The summed E-state index contributed by atoms with van der Waals surface area (Å²) in [5.41, 5.74) is 1.58. The zero-order valence-corrected chi connectivity index (χ0v) is 29.4. The number of rotatable bonds is 15. The fourth-order valence-electron chi connectivity index (χ4n) is 6.62. The molecule has 0 saturated heterocycles. The lowest BCUT2D eigenvalue weighted by molar-refractivity contribution is -0.143. The van der Waals surface area contributed by atoms with Crippen LogP contribution in [0.4, 0.5) is 24.8 Å². The number of nitrogens with zero attached hydrogens (tertiary/aromatic N) is 5. The van der Waals surface area contributed by atoms with Crippen molar-refractivity contribution in [3.05, 3.63) is 53.5 Å². The van der Waals surface area contributed by atoms with Gasteiger partial charge in [0.15, 0.2) is 5.65 Å². The van der Waals surface area contributed by atoms with Crippen LogP contribution in [0.2, 0.25) is 0 Å². The predicted octanol–water partition coefficient (Wildman–Crippen LogP) is 7.00. The van der Waals surface area contributed by atoms with Gasteiger partial charge in [-0.1, -0.05) is 25.3 Å². The molecule has 51 heavy (non-hydrogen) atoms. The number of nitrogens with one attached hydrogen (secondary N) is 2. The first-order chi connectivity index (χ1) is 24.4. The van der Waals surface area contributed by atoms with Gasteiger partial charge in [-0.15, -0.1) is 0 Å². The van der Waals surface area contributed by atoms with Crippen LogP contribution in [-0.4, -0.2) is 77.3 Å². The quantitative estimate of drug-likeness (QED) is 0.124. The number of H-pyrrole nitrogens is 1. The summed E-state index contributed by atoms with van der Waals surface area (Å²) < 4.78 is 58.0. The molecule has 1 fully saturated rings. The Morgan fingerprint density at radius 2 is 1.82 bits per heavy atom. The minimum Gasteiger partial charge on any atom is -0.478 e. The smallest absolute Gasteiger partial charge is 0.421 e. The Morgan fingerprint density at radius 3 is 2.49 bits per heavy atom. The maximum Gasteiger partial charge on any atom is 0.421 e. The molecule has 5 rings (SSSR count). The molecule has 15 heteroatoms. The van der Waals surface area contributed by atoms with E-state index in [9.17, 15) is 22.8 Å². The lowest BCUT2D eigenvalue weighted by atomic mass is 9.74. The number of amides is 1. The number of anilines is 2. The Bertz CT molecular complexity index is 1800. The SMILES string of the molecule is CCOC(=O)CCCc1ccc(C(=O)Nc2nc3nc(-c4cnc(OCC)c(C(F)(F)F)c4)cc(N(C)CC4(COC)CCCCC4)c3[nH]2)nc1. The minimum absolute atomic E-state index is 0.0242. The van der Waals surface area contributed by atoms with Gasteiger partial charge in [0.05, 0.1) is 31.2 Å². The predicted molar refractivity (Wildman–Crippen MR) is 186 cm³/mol. The first-order valence-electron chi connectivity index (χ1n) is 17.2. The van der Waals surface area contributed by atoms with Gasteiger partial charge >= 0.3 is 12.1 Å². The highest BCUT2D eigenvalue weighted by atomic mass is 19.4. The van der Waals surface area contributed by atoms with Gasteiger partial charge in [-0.3, -0.25) is 19.9 Å². The summed E-state index contributed by atoms with van der Waals surface area (Å²) in [5.74, 6) is -1.18. The van der Waals surface area contributed by atoms with Gasteiger partial charge in [-0.25, -0.2) is 9.97 Å². The average molecular weight is 712 g/mol. The number of imidazole rings is 1. The van der Waals surface area contributed by atoms with Crippen LogP contribution >= 0.6 is 0 Å². The topological polar surface area (TPSA) is 144 Å². The maximum atomic E-state index is 14.1. The summed E-state index contributed by atoms with van der Waals surface area (Å²) in [6.45, 7) is 4.89. The number of alkyl halides is 3. The third-order valence-electron chi connectivity index (χ3n) is 8.96. The number of carbonyl (C=O) groups is 2. The molecule has 0 aliphatic heterocycles. The highest BCUT2D eigenvalue weighted by Crippen LogP contribution is 2.41. The van der Waals surface area contributed by atoms with Crippen LogP contribution in [-0.2, 0) is 26.9 Å². The fourth-order valence-corrected chi connectivity index (χ4v) is 6.62. The summed E-state index contributed by atoms with van der Waals surface area (Å²) in [4.78, 5) is 47.4. The van der Waals surface area contributed by atoms with Crippen molar-refractivity contribution in [3.8, 4) is 17.1 Å². The molecule has 2 N–H and O–H groups in total. The molecule has 0 unspecified atom stereocenters. The number of esters is 1. The second-order valence-electron chi connectivity index (χ2n) is 12.8. The van der Waals surface area contributed by atoms with E-state index in [1.807, 2.05) is 11.9 Å². The van der Waals surface area contributed by atoms with Crippen LogP contribution < -0.4 is 15.0 Å². The van der Waals surface area contributed by atoms with Crippen molar-refractivity contribution < 1.29 is 37.0 Å². The Labute approximate surface area is 294 Å². The molecule has 4 aromatic rings. The number of pyridine rings is 3. The molecule has 12 nitrogen and oxygen atoms in total. The van der Waals surface area contributed by atoms with Crippen LogP contribution in [0.3, 0.4) is 0 Å². The van der Waals surface area contributed by atoms with Gasteiger partial charge in [-0.05, 0) is 63.3 Å². The number of carbonyl (C=O) groups excluding carboxylic acids is 2. The Morgan fingerprint density at radius 1 is 1.04 bits per heavy atom. The zero-order valence-electron chi connectivity index (χ0n) is 29.4. The number of fused-ring (bicyclic) bond motifs is 1. The molecular weight excluding hydrogens is 667 g/mol. The number of aryl methyl sites for hydroxylation is 1. The van der Waals surface area contributed by atoms with E-state index < -0.39 is 23.5 Å². The summed E-state index contributed by atoms with van der Waals surface area (Å²) >= 11 is 0. The van der Waals surface area contributed by atoms with E-state index in [1.54, 1.807) is 45.4 Å². The number of hydrogen-bond donors (Lipinski definition) is 2. The molecule has 1 aliphatic carbocycles. The molecule has 1 aliphatic rings. The van der Waals surface area contributed by atoms with Crippen LogP contribution in [0.1, 0.15) is 80.4 Å². The second-order valence-corrected chi connectivity index (χ2v) is 12.8. The van der Waals surface area contributed by atoms with Gasteiger partial charge in [0, 0.05) is 50.5 Å².